The number of carbonyl (C=O) groups is 3. The summed E-state index contributed by atoms with van der Waals surface area (Å²) in [5.41, 5.74) is 4.90. The lowest BCUT2D eigenvalue weighted by atomic mass is 10.1. The van der Waals surface area contributed by atoms with Gasteiger partial charge in [-0.2, -0.15) is 0 Å². The Morgan fingerprint density at radius 2 is 2.06 bits per heavy atom. The largest absolute Gasteiger partial charge is 0.480 e. The molecular weight excluding hydrogens is 226 g/mol. The Balaban J connectivity index is 4.06. The van der Waals surface area contributed by atoms with Crippen LogP contribution in [0.15, 0.2) is 12.7 Å². The van der Waals surface area contributed by atoms with Gasteiger partial charge in [0.2, 0.25) is 5.91 Å². The maximum Gasteiger partial charge on any atom is 0.326 e. The van der Waals surface area contributed by atoms with E-state index >= 15 is 0 Å². The molecular formula is C10H17N3O4. The second-order valence-electron chi connectivity index (χ2n) is 3.37. The Labute approximate surface area is 99.1 Å². The number of nitrogens with one attached hydrogen (secondary N) is 2. The summed E-state index contributed by atoms with van der Waals surface area (Å²) in [6.45, 7) is 3.85. The molecule has 7 nitrogen and oxygen atoms in total. The van der Waals surface area contributed by atoms with Crippen LogP contribution in [0, 0.1) is 0 Å². The van der Waals surface area contributed by atoms with E-state index in [2.05, 4.69) is 17.2 Å². The van der Waals surface area contributed by atoms with Gasteiger partial charge in [0, 0.05) is 13.0 Å². The Bertz CT molecular complexity index is 304. The molecule has 5 N–H and O–H groups in total. The van der Waals surface area contributed by atoms with Crippen molar-refractivity contribution in [3.8, 4) is 0 Å². The van der Waals surface area contributed by atoms with Gasteiger partial charge in [0.25, 0.3) is 0 Å². The molecule has 0 aromatic rings. The fourth-order valence-electron chi connectivity index (χ4n) is 1.04. The maximum absolute atomic E-state index is 11.2. The standard InChI is InChI=1S/C10H17N3O4/c1-2-3-6-12-10(17)13-7(9(15)16)4-5-8(11)14/h2,7H,1,3-6H2,(H2,11,14)(H,15,16)(H2,12,13,17)/t7-/m1/s1. The molecule has 0 rings (SSSR count). The lowest BCUT2D eigenvalue weighted by Crippen LogP contribution is -2.46. The van der Waals surface area contributed by atoms with Gasteiger partial charge in [0.05, 0.1) is 0 Å². The average Bonchev–Trinajstić information content (AvgIpc) is 2.23. The first-order valence-corrected chi connectivity index (χ1v) is 5.13. The predicted molar refractivity (Wildman–Crippen MR) is 61.2 cm³/mol. The molecule has 0 unspecified atom stereocenters. The summed E-state index contributed by atoms with van der Waals surface area (Å²) in [6.07, 6.45) is 2.10. The van der Waals surface area contributed by atoms with Crippen LogP contribution >= 0.6 is 0 Å². The van der Waals surface area contributed by atoms with Gasteiger partial charge < -0.3 is 21.5 Å². The van der Waals surface area contributed by atoms with Gasteiger partial charge in [-0.25, -0.2) is 9.59 Å². The van der Waals surface area contributed by atoms with Crippen LogP contribution in [0.1, 0.15) is 19.3 Å². The van der Waals surface area contributed by atoms with Crippen LogP contribution in [0.2, 0.25) is 0 Å². The topological polar surface area (TPSA) is 122 Å². The van der Waals surface area contributed by atoms with Crippen LogP contribution in [-0.2, 0) is 9.59 Å². The first-order valence-electron chi connectivity index (χ1n) is 5.13. The number of carboxylic acids is 1. The van der Waals surface area contributed by atoms with Crippen molar-refractivity contribution in [2.24, 2.45) is 5.73 Å². The van der Waals surface area contributed by atoms with E-state index in [-0.39, 0.29) is 12.8 Å². The molecule has 3 amide bonds. The van der Waals surface area contributed by atoms with Gasteiger partial charge in [0.1, 0.15) is 6.04 Å². The summed E-state index contributed by atoms with van der Waals surface area (Å²) in [5.74, 6) is -1.81. The lowest BCUT2D eigenvalue weighted by Gasteiger charge is -2.14. The molecule has 0 aromatic heterocycles. The Kier molecular flexibility index (Phi) is 7.16. The van der Waals surface area contributed by atoms with Crippen molar-refractivity contribution in [2.45, 2.75) is 25.3 Å². The van der Waals surface area contributed by atoms with Crippen LogP contribution in [0.25, 0.3) is 0 Å². The third-order valence-electron chi connectivity index (χ3n) is 1.92. The van der Waals surface area contributed by atoms with Gasteiger partial charge in [-0.3, -0.25) is 4.79 Å². The van der Waals surface area contributed by atoms with Crippen molar-refractivity contribution >= 4 is 17.9 Å². The number of aliphatic carboxylic acids is 1. The number of primary amides is 1. The minimum absolute atomic E-state index is 0.0282. The van der Waals surface area contributed by atoms with Crippen LogP contribution < -0.4 is 16.4 Å². The molecule has 0 aliphatic rings. The molecule has 0 heterocycles. The zero-order valence-corrected chi connectivity index (χ0v) is 9.44. The van der Waals surface area contributed by atoms with Crippen molar-refractivity contribution in [3.05, 3.63) is 12.7 Å². The molecule has 0 aromatic carbocycles. The highest BCUT2D eigenvalue weighted by molar-refractivity contribution is 5.83. The molecule has 7 heteroatoms. The third kappa shape index (κ3) is 7.83. The molecule has 0 saturated carbocycles. The Hall–Kier alpha value is -2.05. The number of carboxylic acid groups (broad SMARTS) is 1. The number of amides is 3. The number of carbonyl (C=O) groups excluding carboxylic acids is 2. The minimum Gasteiger partial charge on any atom is -0.480 e. The molecule has 0 fully saturated rings. The van der Waals surface area contributed by atoms with E-state index in [0.29, 0.717) is 13.0 Å². The third-order valence-corrected chi connectivity index (χ3v) is 1.92. The predicted octanol–water partition coefficient (Wildman–Crippen LogP) is -0.420. The highest BCUT2D eigenvalue weighted by Gasteiger charge is 2.19. The molecule has 1 atom stereocenters. The van der Waals surface area contributed by atoms with Crippen molar-refractivity contribution in [2.75, 3.05) is 6.54 Å². The second kappa shape index (κ2) is 8.14. The first-order chi connectivity index (χ1) is 7.97. The molecule has 96 valence electrons. The molecule has 0 aliphatic heterocycles. The van der Waals surface area contributed by atoms with Crippen molar-refractivity contribution < 1.29 is 19.5 Å². The number of hydrogen-bond acceptors (Lipinski definition) is 3. The maximum atomic E-state index is 11.2. The first kappa shape index (κ1) is 14.9. The van der Waals surface area contributed by atoms with E-state index in [9.17, 15) is 14.4 Å². The fourth-order valence-corrected chi connectivity index (χ4v) is 1.04. The van der Waals surface area contributed by atoms with E-state index in [1.54, 1.807) is 6.08 Å². The summed E-state index contributed by atoms with van der Waals surface area (Å²) >= 11 is 0. The van der Waals surface area contributed by atoms with Crippen molar-refractivity contribution in [1.29, 1.82) is 0 Å². The summed E-state index contributed by atoms with van der Waals surface area (Å²) in [6, 6.07) is -1.71. The van der Waals surface area contributed by atoms with Crippen LogP contribution in [0.3, 0.4) is 0 Å². The molecule has 17 heavy (non-hydrogen) atoms. The molecule has 0 aliphatic carbocycles. The smallest absolute Gasteiger partial charge is 0.326 e. The van der Waals surface area contributed by atoms with Crippen LogP contribution in [-0.4, -0.2) is 35.6 Å². The van der Waals surface area contributed by atoms with E-state index in [1.165, 1.54) is 0 Å². The Morgan fingerprint density at radius 1 is 1.41 bits per heavy atom. The molecule has 0 spiro atoms. The quantitative estimate of drug-likeness (QED) is 0.341. The van der Waals surface area contributed by atoms with E-state index < -0.39 is 23.9 Å². The van der Waals surface area contributed by atoms with Gasteiger partial charge in [0.15, 0.2) is 0 Å². The van der Waals surface area contributed by atoms with Crippen molar-refractivity contribution in [3.63, 3.8) is 0 Å². The monoisotopic (exact) mass is 243 g/mol. The van der Waals surface area contributed by atoms with E-state index in [4.69, 9.17) is 10.8 Å². The average molecular weight is 243 g/mol. The number of hydrogen-bond donors (Lipinski definition) is 4. The second-order valence-corrected chi connectivity index (χ2v) is 3.37. The SMILES string of the molecule is C=CCCNC(=O)N[C@H](CCC(N)=O)C(=O)O. The summed E-state index contributed by atoms with van der Waals surface area (Å²) < 4.78 is 0. The van der Waals surface area contributed by atoms with Crippen LogP contribution in [0.4, 0.5) is 4.79 Å². The zero-order valence-electron chi connectivity index (χ0n) is 9.44. The Morgan fingerprint density at radius 3 is 2.53 bits per heavy atom. The number of urea groups is 1. The van der Waals surface area contributed by atoms with E-state index in [1.807, 2.05) is 0 Å². The van der Waals surface area contributed by atoms with Gasteiger partial charge in [-0.15, -0.1) is 6.58 Å². The van der Waals surface area contributed by atoms with Crippen LogP contribution in [0.5, 0.6) is 0 Å². The highest BCUT2D eigenvalue weighted by Crippen LogP contribution is 1.97. The van der Waals surface area contributed by atoms with Gasteiger partial charge in [-0.05, 0) is 12.8 Å². The minimum atomic E-state index is -1.20. The zero-order chi connectivity index (χ0) is 13.3. The number of rotatable bonds is 8. The molecule has 0 radical (unpaired) electrons. The summed E-state index contributed by atoms with van der Waals surface area (Å²) in [7, 11) is 0. The summed E-state index contributed by atoms with van der Waals surface area (Å²) in [5, 5.41) is 13.5. The van der Waals surface area contributed by atoms with Gasteiger partial charge in [-0.1, -0.05) is 6.08 Å². The fraction of sp³-hybridized carbons (Fsp3) is 0.500. The molecule has 0 saturated heterocycles. The van der Waals surface area contributed by atoms with Crippen molar-refractivity contribution in [1.82, 2.24) is 10.6 Å². The number of nitrogens with two attached hydrogens (primary N) is 1. The normalized spacial score (nSPS) is 11.3. The molecule has 0 bridgehead atoms. The highest BCUT2D eigenvalue weighted by atomic mass is 16.4. The summed E-state index contributed by atoms with van der Waals surface area (Å²) in [4.78, 5) is 32.5. The van der Waals surface area contributed by atoms with E-state index in [0.717, 1.165) is 0 Å². The lowest BCUT2D eigenvalue weighted by molar-refractivity contribution is -0.139. The van der Waals surface area contributed by atoms with Gasteiger partial charge >= 0.3 is 12.0 Å².